The largest absolute Gasteiger partial charge is 0.302 e. The van der Waals surface area contributed by atoms with Crippen LogP contribution in [0.5, 0.6) is 0 Å². The Labute approximate surface area is 168 Å². The number of benzene rings is 2. The first-order chi connectivity index (χ1) is 13.9. The van der Waals surface area contributed by atoms with Gasteiger partial charge in [-0.1, -0.05) is 23.9 Å². The number of nitrogens with zero attached hydrogens (tertiary/aromatic N) is 5. The van der Waals surface area contributed by atoms with Crippen molar-refractivity contribution in [2.45, 2.75) is 18.6 Å². The smallest absolute Gasteiger partial charge is 0.270 e. The summed E-state index contributed by atoms with van der Waals surface area (Å²) in [7, 11) is 0. The number of carbonyl (C=O) groups is 1. The molecule has 10 nitrogen and oxygen atoms in total. The Bertz CT molecular complexity index is 1080. The van der Waals surface area contributed by atoms with Crippen LogP contribution < -0.4 is 0 Å². The van der Waals surface area contributed by atoms with Gasteiger partial charge >= 0.3 is 0 Å². The molecule has 148 valence electrons. The van der Waals surface area contributed by atoms with Crippen molar-refractivity contribution < 1.29 is 14.6 Å². The molecule has 0 N–H and O–H groups in total. The summed E-state index contributed by atoms with van der Waals surface area (Å²) >= 11 is 1.18. The number of carbonyl (C=O) groups excluding carboxylic acids is 1. The van der Waals surface area contributed by atoms with Gasteiger partial charge in [0.1, 0.15) is 0 Å². The highest BCUT2D eigenvalue weighted by Gasteiger charge is 2.17. The molecule has 0 aliphatic rings. The fraction of sp³-hybridized carbons (Fsp3) is 0.167. The summed E-state index contributed by atoms with van der Waals surface area (Å²) in [5.74, 6) is 0.346. The molecule has 0 bridgehead atoms. The minimum absolute atomic E-state index is 0.0456. The van der Waals surface area contributed by atoms with E-state index < -0.39 is 9.85 Å². The van der Waals surface area contributed by atoms with Crippen LogP contribution in [0.2, 0.25) is 0 Å². The molecule has 1 heterocycles. The third-order valence-electron chi connectivity index (χ3n) is 4.08. The molecule has 2 aromatic carbocycles. The second-order valence-corrected chi connectivity index (χ2v) is 6.82. The van der Waals surface area contributed by atoms with Crippen LogP contribution in [-0.4, -0.2) is 36.1 Å². The monoisotopic (exact) mass is 413 g/mol. The maximum absolute atomic E-state index is 12.4. The van der Waals surface area contributed by atoms with E-state index in [4.69, 9.17) is 0 Å². The fourth-order valence-corrected chi connectivity index (χ4v) is 3.53. The van der Waals surface area contributed by atoms with Crippen molar-refractivity contribution in [3.8, 4) is 11.4 Å². The molecule has 0 saturated heterocycles. The molecule has 0 aliphatic carbocycles. The number of nitro benzene ring substituents is 2. The maximum atomic E-state index is 12.4. The molecule has 0 amide bonds. The maximum Gasteiger partial charge on any atom is 0.270 e. The van der Waals surface area contributed by atoms with Crippen molar-refractivity contribution in [3.63, 3.8) is 0 Å². The average molecular weight is 413 g/mol. The van der Waals surface area contributed by atoms with Crippen LogP contribution >= 0.6 is 11.8 Å². The third kappa shape index (κ3) is 4.46. The van der Waals surface area contributed by atoms with Gasteiger partial charge in [-0.05, 0) is 19.1 Å². The minimum atomic E-state index is -0.526. The first-order valence-electron chi connectivity index (χ1n) is 8.49. The van der Waals surface area contributed by atoms with Crippen molar-refractivity contribution in [3.05, 3.63) is 74.3 Å². The molecule has 0 unspecified atom stereocenters. The van der Waals surface area contributed by atoms with E-state index in [1.165, 1.54) is 48.2 Å². The fourth-order valence-electron chi connectivity index (χ4n) is 2.64. The lowest BCUT2D eigenvalue weighted by molar-refractivity contribution is -0.385. The van der Waals surface area contributed by atoms with Crippen LogP contribution in [0.4, 0.5) is 11.4 Å². The molecule has 0 atom stereocenters. The van der Waals surface area contributed by atoms with Gasteiger partial charge < -0.3 is 4.57 Å². The normalized spacial score (nSPS) is 10.7. The number of thioether (sulfide) groups is 1. The zero-order valence-corrected chi connectivity index (χ0v) is 16.0. The number of non-ortho nitro benzene ring substituents is 2. The molecular formula is C18H15N5O5S. The van der Waals surface area contributed by atoms with Gasteiger partial charge in [-0.15, -0.1) is 10.2 Å². The predicted octanol–water partition coefficient (Wildman–Crippen LogP) is 3.76. The van der Waals surface area contributed by atoms with Crippen LogP contribution in [0.3, 0.4) is 0 Å². The number of hydrogen-bond acceptors (Lipinski definition) is 8. The van der Waals surface area contributed by atoms with E-state index in [2.05, 4.69) is 10.2 Å². The summed E-state index contributed by atoms with van der Waals surface area (Å²) in [6.45, 7) is 2.39. The highest BCUT2D eigenvalue weighted by molar-refractivity contribution is 7.99. The second kappa shape index (κ2) is 8.61. The van der Waals surface area contributed by atoms with E-state index in [0.29, 0.717) is 28.7 Å². The predicted molar refractivity (Wildman–Crippen MR) is 106 cm³/mol. The average Bonchev–Trinajstić information content (AvgIpc) is 3.15. The van der Waals surface area contributed by atoms with Crippen molar-refractivity contribution in [2.75, 3.05) is 5.75 Å². The zero-order valence-electron chi connectivity index (χ0n) is 15.2. The van der Waals surface area contributed by atoms with E-state index in [1.807, 2.05) is 6.92 Å². The minimum Gasteiger partial charge on any atom is -0.302 e. The number of Topliss-reactive ketones (excluding diaryl/α,β-unsaturated/α-hetero) is 1. The Hall–Kier alpha value is -3.60. The van der Waals surface area contributed by atoms with Crippen molar-refractivity contribution in [2.24, 2.45) is 0 Å². The van der Waals surface area contributed by atoms with Crippen molar-refractivity contribution >= 4 is 28.9 Å². The summed E-state index contributed by atoms with van der Waals surface area (Å²) in [6, 6.07) is 11.5. The van der Waals surface area contributed by atoms with E-state index >= 15 is 0 Å². The van der Waals surface area contributed by atoms with E-state index in [1.54, 1.807) is 16.7 Å². The Kier molecular flexibility index (Phi) is 5.98. The highest BCUT2D eigenvalue weighted by atomic mass is 32.2. The van der Waals surface area contributed by atoms with Gasteiger partial charge in [-0.25, -0.2) is 0 Å². The SMILES string of the molecule is CCn1c(SCC(=O)c2ccc([N+](=O)[O-])cc2)nnc1-c1cccc([N+](=O)[O-])c1. The Morgan fingerprint density at radius 1 is 1.03 bits per heavy atom. The first kappa shape index (κ1) is 20.1. The van der Waals surface area contributed by atoms with E-state index in [0.717, 1.165) is 0 Å². The first-order valence-corrected chi connectivity index (χ1v) is 9.47. The Balaban J connectivity index is 1.77. The molecule has 0 fully saturated rings. The number of aromatic nitrogens is 3. The van der Waals surface area contributed by atoms with Gasteiger partial charge in [0.15, 0.2) is 16.8 Å². The third-order valence-corrected chi connectivity index (χ3v) is 5.05. The molecular weight excluding hydrogens is 398 g/mol. The van der Waals surface area contributed by atoms with Crippen molar-refractivity contribution in [1.82, 2.24) is 14.8 Å². The number of rotatable bonds is 8. The van der Waals surface area contributed by atoms with Gasteiger partial charge in [-0.3, -0.25) is 25.0 Å². The molecule has 0 spiro atoms. The lowest BCUT2D eigenvalue weighted by atomic mass is 10.1. The summed E-state index contributed by atoms with van der Waals surface area (Å²) < 4.78 is 1.77. The molecule has 11 heteroatoms. The van der Waals surface area contributed by atoms with Crippen LogP contribution in [-0.2, 0) is 6.54 Å². The standard InChI is InChI=1S/C18H15N5O5S/c1-2-21-17(13-4-3-5-15(10-13)23(27)28)19-20-18(21)29-11-16(24)12-6-8-14(9-7-12)22(25)26/h3-10H,2,11H2,1H3. The van der Waals surface area contributed by atoms with E-state index in [9.17, 15) is 25.0 Å². The summed E-state index contributed by atoms with van der Waals surface area (Å²) in [5, 5.41) is 30.4. The quantitative estimate of drug-likeness (QED) is 0.236. The molecule has 29 heavy (non-hydrogen) atoms. The lowest BCUT2D eigenvalue weighted by Crippen LogP contribution is -2.05. The van der Waals surface area contributed by atoms with E-state index in [-0.39, 0.29) is 22.9 Å². The van der Waals surface area contributed by atoms with Crippen LogP contribution in [0.1, 0.15) is 17.3 Å². The second-order valence-electron chi connectivity index (χ2n) is 5.87. The molecule has 3 aromatic rings. The topological polar surface area (TPSA) is 134 Å². The van der Waals surface area contributed by atoms with Gasteiger partial charge in [0.25, 0.3) is 11.4 Å². The zero-order chi connectivity index (χ0) is 21.0. The van der Waals surface area contributed by atoms with Crippen LogP contribution in [0.25, 0.3) is 11.4 Å². The molecule has 0 aliphatic heterocycles. The number of nitro groups is 2. The van der Waals surface area contributed by atoms with Crippen LogP contribution in [0.15, 0.2) is 53.7 Å². The van der Waals surface area contributed by atoms with Crippen LogP contribution in [0, 0.1) is 20.2 Å². The highest BCUT2D eigenvalue weighted by Crippen LogP contribution is 2.27. The summed E-state index contributed by atoms with van der Waals surface area (Å²) in [4.78, 5) is 33.1. The Morgan fingerprint density at radius 3 is 2.34 bits per heavy atom. The number of hydrogen-bond donors (Lipinski definition) is 0. The lowest BCUT2D eigenvalue weighted by Gasteiger charge is -2.07. The summed E-state index contributed by atoms with van der Waals surface area (Å²) in [5.41, 5.74) is 0.795. The van der Waals surface area contributed by atoms with Gasteiger partial charge in [0, 0.05) is 41.9 Å². The molecule has 0 radical (unpaired) electrons. The van der Waals surface area contributed by atoms with Crippen molar-refractivity contribution in [1.29, 1.82) is 0 Å². The summed E-state index contributed by atoms with van der Waals surface area (Å²) in [6.07, 6.45) is 0. The van der Waals surface area contributed by atoms with Gasteiger partial charge in [0.05, 0.1) is 15.6 Å². The number of ketones is 1. The van der Waals surface area contributed by atoms with Gasteiger partial charge in [-0.2, -0.15) is 0 Å². The van der Waals surface area contributed by atoms with Gasteiger partial charge in [0.2, 0.25) is 0 Å². The molecule has 3 rings (SSSR count). The molecule has 0 saturated carbocycles. The Morgan fingerprint density at radius 2 is 1.72 bits per heavy atom. The molecule has 1 aromatic heterocycles.